The third-order valence-electron chi connectivity index (χ3n) is 7.23. The Hall–Kier alpha value is -3.54. The lowest BCUT2D eigenvalue weighted by Crippen LogP contribution is -2.34. The maximum absolute atomic E-state index is 6.30. The van der Waals surface area contributed by atoms with Crippen LogP contribution < -0.4 is 11.5 Å². The van der Waals surface area contributed by atoms with Crippen LogP contribution in [0.25, 0.3) is 38.7 Å². The SMILES string of the molecule is CC(C)[C@H](N)C1=NC=C(c2ccc(-c3ccc4cc(-c5cnc([C@@H](N)C(C)C)[nH]5)ccc4c3)cc2)C1. The number of nitrogens with two attached hydrogens (primary N) is 2. The zero-order valence-electron chi connectivity index (χ0n) is 21.5. The predicted molar refractivity (Wildman–Crippen MR) is 152 cm³/mol. The van der Waals surface area contributed by atoms with E-state index in [9.17, 15) is 0 Å². The number of aromatic amines is 1. The molecule has 0 radical (unpaired) electrons. The summed E-state index contributed by atoms with van der Waals surface area (Å²) in [4.78, 5) is 12.5. The van der Waals surface area contributed by atoms with Gasteiger partial charge in [0, 0.05) is 29.9 Å². The molecular weight excluding hydrogens is 442 g/mol. The maximum Gasteiger partial charge on any atom is 0.123 e. The van der Waals surface area contributed by atoms with Gasteiger partial charge in [0.1, 0.15) is 5.82 Å². The predicted octanol–water partition coefficient (Wildman–Crippen LogP) is 6.72. The van der Waals surface area contributed by atoms with Gasteiger partial charge in [0.15, 0.2) is 0 Å². The van der Waals surface area contributed by atoms with Crippen LogP contribution in [0.4, 0.5) is 0 Å². The zero-order chi connectivity index (χ0) is 25.4. The molecule has 184 valence electrons. The number of benzene rings is 3. The molecule has 36 heavy (non-hydrogen) atoms. The standard InChI is InChI=1S/C31H35N5/c1-18(2)29(32)27-15-26(16-34-27)21-7-5-20(6-8-21)22-9-10-24-14-25(12-11-23(24)13-22)28-17-35-31(36-28)30(33)19(3)4/h5-14,16-19,29-30H,15,32-33H2,1-4H3,(H,35,36)/t29-,30-/m0/s1. The van der Waals surface area contributed by atoms with Gasteiger partial charge < -0.3 is 16.5 Å². The highest BCUT2D eigenvalue weighted by Gasteiger charge is 2.20. The molecule has 1 aliphatic rings. The first-order valence-corrected chi connectivity index (χ1v) is 12.8. The normalized spacial score (nSPS) is 15.4. The Morgan fingerprint density at radius 3 is 1.97 bits per heavy atom. The van der Waals surface area contributed by atoms with Crippen LogP contribution in [0.3, 0.4) is 0 Å². The number of nitrogens with one attached hydrogen (secondary N) is 1. The monoisotopic (exact) mass is 477 g/mol. The lowest BCUT2D eigenvalue weighted by atomic mass is 9.93. The van der Waals surface area contributed by atoms with Crippen LogP contribution >= 0.6 is 0 Å². The quantitative estimate of drug-likeness (QED) is 0.276. The molecule has 5 N–H and O–H groups in total. The summed E-state index contributed by atoms with van der Waals surface area (Å²) in [6, 6.07) is 21.8. The summed E-state index contributed by atoms with van der Waals surface area (Å²) in [7, 11) is 0. The number of H-pyrrole nitrogens is 1. The Morgan fingerprint density at radius 2 is 1.31 bits per heavy atom. The van der Waals surface area contributed by atoms with Crippen molar-refractivity contribution in [3.8, 4) is 22.4 Å². The maximum atomic E-state index is 6.30. The van der Waals surface area contributed by atoms with Gasteiger partial charge >= 0.3 is 0 Å². The van der Waals surface area contributed by atoms with Gasteiger partial charge in [-0.1, -0.05) is 76.2 Å². The molecule has 5 rings (SSSR count). The van der Waals surface area contributed by atoms with Gasteiger partial charge in [-0.25, -0.2) is 4.98 Å². The minimum atomic E-state index is -0.0923. The summed E-state index contributed by atoms with van der Waals surface area (Å²) in [5.74, 6) is 1.55. The second-order valence-corrected chi connectivity index (χ2v) is 10.5. The molecule has 0 spiro atoms. The van der Waals surface area contributed by atoms with E-state index in [1.165, 1.54) is 33.0 Å². The number of allylic oxidation sites excluding steroid dienone is 1. The smallest absolute Gasteiger partial charge is 0.123 e. The van der Waals surface area contributed by atoms with Gasteiger partial charge in [0.25, 0.3) is 0 Å². The van der Waals surface area contributed by atoms with E-state index in [0.29, 0.717) is 11.8 Å². The minimum Gasteiger partial charge on any atom is -0.341 e. The van der Waals surface area contributed by atoms with Crippen molar-refractivity contribution in [1.82, 2.24) is 9.97 Å². The zero-order valence-corrected chi connectivity index (χ0v) is 21.5. The van der Waals surface area contributed by atoms with E-state index < -0.39 is 0 Å². The van der Waals surface area contributed by atoms with E-state index in [-0.39, 0.29) is 12.1 Å². The van der Waals surface area contributed by atoms with Crippen molar-refractivity contribution >= 4 is 22.1 Å². The molecule has 5 heteroatoms. The second kappa shape index (κ2) is 9.84. The van der Waals surface area contributed by atoms with E-state index in [1.807, 2.05) is 12.4 Å². The molecule has 0 unspecified atom stereocenters. The molecule has 4 aromatic rings. The first-order valence-electron chi connectivity index (χ1n) is 12.8. The van der Waals surface area contributed by atoms with E-state index in [1.54, 1.807) is 0 Å². The van der Waals surface area contributed by atoms with Crippen LogP contribution in [0.5, 0.6) is 0 Å². The van der Waals surface area contributed by atoms with Gasteiger partial charge in [-0.15, -0.1) is 0 Å². The Kier molecular flexibility index (Phi) is 6.61. The van der Waals surface area contributed by atoms with E-state index in [0.717, 1.165) is 29.2 Å². The molecular formula is C31H35N5. The highest BCUT2D eigenvalue weighted by Crippen LogP contribution is 2.31. The molecule has 0 fully saturated rings. The molecule has 3 aromatic carbocycles. The summed E-state index contributed by atoms with van der Waals surface area (Å²) in [5, 5.41) is 2.40. The number of aliphatic imine (C=N–C) groups is 1. The van der Waals surface area contributed by atoms with Crippen molar-refractivity contribution in [3.63, 3.8) is 0 Å². The Balaban J connectivity index is 1.33. The molecule has 5 nitrogen and oxygen atoms in total. The van der Waals surface area contributed by atoms with Crippen molar-refractivity contribution in [2.24, 2.45) is 28.3 Å². The lowest BCUT2D eigenvalue weighted by Gasteiger charge is -2.16. The first kappa shape index (κ1) is 24.2. The third-order valence-corrected chi connectivity index (χ3v) is 7.23. The molecule has 0 bridgehead atoms. The molecule has 2 atom stereocenters. The number of nitrogens with zero attached hydrogens (tertiary/aromatic N) is 2. The van der Waals surface area contributed by atoms with Gasteiger partial charge in [0.05, 0.1) is 17.9 Å². The number of rotatable bonds is 7. The molecule has 2 heterocycles. The van der Waals surface area contributed by atoms with Crippen LogP contribution in [0, 0.1) is 11.8 Å². The molecule has 0 saturated carbocycles. The molecule has 0 saturated heterocycles. The highest BCUT2D eigenvalue weighted by molar-refractivity contribution is 6.01. The number of hydrogen-bond acceptors (Lipinski definition) is 4. The summed E-state index contributed by atoms with van der Waals surface area (Å²) in [6.45, 7) is 8.49. The van der Waals surface area contributed by atoms with Crippen molar-refractivity contribution < 1.29 is 0 Å². The van der Waals surface area contributed by atoms with Crippen LogP contribution in [-0.4, -0.2) is 21.7 Å². The number of imidazole rings is 1. The van der Waals surface area contributed by atoms with Crippen LogP contribution in [0.2, 0.25) is 0 Å². The summed E-state index contributed by atoms with van der Waals surface area (Å²) < 4.78 is 0. The Bertz CT molecular complexity index is 1440. The number of aromatic nitrogens is 2. The second-order valence-electron chi connectivity index (χ2n) is 10.5. The minimum absolute atomic E-state index is 0.0177. The average Bonchev–Trinajstić information content (AvgIpc) is 3.58. The van der Waals surface area contributed by atoms with E-state index >= 15 is 0 Å². The molecule has 1 aromatic heterocycles. The van der Waals surface area contributed by atoms with Crippen molar-refractivity contribution in [1.29, 1.82) is 0 Å². The molecule has 0 amide bonds. The first-order chi connectivity index (χ1) is 17.3. The van der Waals surface area contributed by atoms with Crippen LogP contribution in [0.1, 0.15) is 51.5 Å². The largest absolute Gasteiger partial charge is 0.341 e. The highest BCUT2D eigenvalue weighted by atomic mass is 15.0. The van der Waals surface area contributed by atoms with E-state index in [4.69, 9.17) is 11.5 Å². The summed E-state index contributed by atoms with van der Waals surface area (Å²) >= 11 is 0. The van der Waals surface area contributed by atoms with Crippen LogP contribution in [0.15, 0.2) is 78.1 Å². The summed E-state index contributed by atoms with van der Waals surface area (Å²) in [5.41, 5.74) is 20.6. The van der Waals surface area contributed by atoms with Gasteiger partial charge in [0.2, 0.25) is 0 Å². The number of hydrogen-bond donors (Lipinski definition) is 3. The molecule has 0 aliphatic carbocycles. The van der Waals surface area contributed by atoms with Gasteiger partial charge in [-0.05, 0) is 57.0 Å². The molecule has 1 aliphatic heterocycles. The van der Waals surface area contributed by atoms with Crippen LogP contribution in [-0.2, 0) is 0 Å². The van der Waals surface area contributed by atoms with Crippen molar-refractivity contribution in [2.45, 2.75) is 46.2 Å². The van der Waals surface area contributed by atoms with Crippen molar-refractivity contribution in [2.75, 3.05) is 0 Å². The van der Waals surface area contributed by atoms with E-state index in [2.05, 4.69) is 103 Å². The number of fused-ring (bicyclic) bond motifs is 1. The van der Waals surface area contributed by atoms with Gasteiger partial charge in [-0.3, -0.25) is 4.99 Å². The third kappa shape index (κ3) is 4.77. The fraction of sp³-hybridized carbons (Fsp3) is 0.290. The topological polar surface area (TPSA) is 93.1 Å². The average molecular weight is 478 g/mol. The fourth-order valence-electron chi connectivity index (χ4n) is 4.65. The summed E-state index contributed by atoms with van der Waals surface area (Å²) in [6.07, 6.45) is 4.68. The Morgan fingerprint density at radius 1 is 0.722 bits per heavy atom. The van der Waals surface area contributed by atoms with Crippen molar-refractivity contribution in [3.05, 3.63) is 84.4 Å². The lowest BCUT2D eigenvalue weighted by molar-refractivity contribution is 0.494. The Labute approximate surface area is 213 Å². The van der Waals surface area contributed by atoms with Gasteiger partial charge in [-0.2, -0.15) is 0 Å². The fourth-order valence-corrected chi connectivity index (χ4v) is 4.65.